The van der Waals surface area contributed by atoms with Crippen LogP contribution in [0.25, 0.3) is 0 Å². The monoisotopic (exact) mass is 181 g/mol. The summed E-state index contributed by atoms with van der Waals surface area (Å²) in [5.74, 6) is -0.405. The van der Waals surface area contributed by atoms with Crippen LogP contribution < -0.4 is 11.2 Å². The zero-order valence-electron chi connectivity index (χ0n) is 6.70. The number of hydrogen-bond donors (Lipinski definition) is 2. The van der Waals surface area contributed by atoms with Gasteiger partial charge in [0.05, 0.1) is 6.21 Å². The first kappa shape index (κ1) is 9.18. The quantitative estimate of drug-likeness (QED) is 0.515. The molecule has 0 bridgehead atoms. The Morgan fingerprint density at radius 3 is 2.85 bits per heavy atom. The molecule has 4 nitrogen and oxygen atoms in total. The molecule has 0 aliphatic carbocycles. The molecule has 1 aromatic carbocycles. The van der Waals surface area contributed by atoms with Gasteiger partial charge in [0.25, 0.3) is 0 Å². The fraction of sp³-hybridized carbons (Fsp3) is 0. The van der Waals surface area contributed by atoms with Crippen LogP contribution in [0.4, 0.5) is 9.18 Å². The zero-order valence-corrected chi connectivity index (χ0v) is 6.70. The van der Waals surface area contributed by atoms with Crippen molar-refractivity contribution in [2.24, 2.45) is 10.8 Å². The summed E-state index contributed by atoms with van der Waals surface area (Å²) in [4.78, 5) is 10.2. The number of nitrogens with zero attached hydrogens (tertiary/aromatic N) is 1. The molecule has 2 amide bonds. The lowest BCUT2D eigenvalue weighted by Gasteiger charge is -1.94. The van der Waals surface area contributed by atoms with Crippen molar-refractivity contribution in [3.63, 3.8) is 0 Å². The summed E-state index contributed by atoms with van der Waals surface area (Å²) in [6.45, 7) is 0. The molecule has 0 saturated heterocycles. The number of hydrogen-bond acceptors (Lipinski definition) is 2. The molecule has 0 spiro atoms. The fourth-order valence-electron chi connectivity index (χ4n) is 0.745. The van der Waals surface area contributed by atoms with Crippen molar-refractivity contribution in [3.05, 3.63) is 35.6 Å². The first-order chi connectivity index (χ1) is 6.20. The van der Waals surface area contributed by atoms with Crippen LogP contribution in [0.15, 0.2) is 29.4 Å². The van der Waals surface area contributed by atoms with Gasteiger partial charge in [0.1, 0.15) is 5.82 Å². The Kier molecular flexibility index (Phi) is 2.97. The molecular formula is C8H8FN3O. The lowest BCUT2D eigenvalue weighted by molar-refractivity contribution is 0.249. The van der Waals surface area contributed by atoms with Crippen molar-refractivity contribution in [1.82, 2.24) is 5.43 Å². The number of rotatable bonds is 2. The summed E-state index contributed by atoms with van der Waals surface area (Å²) >= 11 is 0. The van der Waals surface area contributed by atoms with Crippen LogP contribution in [0.2, 0.25) is 0 Å². The van der Waals surface area contributed by atoms with Crippen molar-refractivity contribution >= 4 is 12.2 Å². The molecule has 0 saturated carbocycles. The number of nitrogens with one attached hydrogen (secondary N) is 1. The third kappa shape index (κ3) is 2.90. The van der Waals surface area contributed by atoms with E-state index in [9.17, 15) is 9.18 Å². The second-order valence-corrected chi connectivity index (χ2v) is 2.26. The molecule has 0 aliphatic rings. The largest absolute Gasteiger partial charge is 0.350 e. The lowest BCUT2D eigenvalue weighted by atomic mass is 10.2. The Morgan fingerprint density at radius 1 is 1.54 bits per heavy atom. The summed E-state index contributed by atoms with van der Waals surface area (Å²) in [5.41, 5.74) is 6.99. The maximum Gasteiger partial charge on any atom is 0.332 e. The predicted molar refractivity (Wildman–Crippen MR) is 46.7 cm³/mol. The van der Waals surface area contributed by atoms with Gasteiger partial charge < -0.3 is 5.73 Å². The highest BCUT2D eigenvalue weighted by molar-refractivity contribution is 5.81. The molecule has 0 aliphatic heterocycles. The number of carbonyl (C=O) groups is 1. The average Bonchev–Trinajstić information content (AvgIpc) is 2.08. The van der Waals surface area contributed by atoms with Crippen LogP contribution in [0, 0.1) is 5.82 Å². The van der Waals surface area contributed by atoms with Gasteiger partial charge in [-0.3, -0.25) is 0 Å². The van der Waals surface area contributed by atoms with Crippen LogP contribution in [0.1, 0.15) is 5.56 Å². The minimum Gasteiger partial charge on any atom is -0.350 e. The average molecular weight is 181 g/mol. The van der Waals surface area contributed by atoms with Gasteiger partial charge in [-0.05, 0) is 6.07 Å². The molecule has 0 aromatic heterocycles. The molecule has 1 aromatic rings. The van der Waals surface area contributed by atoms with E-state index in [1.807, 2.05) is 5.43 Å². The molecule has 0 radical (unpaired) electrons. The number of primary amides is 1. The van der Waals surface area contributed by atoms with E-state index < -0.39 is 11.8 Å². The molecule has 1 rings (SSSR count). The molecule has 0 atom stereocenters. The Balaban J connectivity index is 2.68. The second-order valence-electron chi connectivity index (χ2n) is 2.26. The number of nitrogens with two attached hydrogens (primary N) is 1. The van der Waals surface area contributed by atoms with E-state index in [2.05, 4.69) is 5.10 Å². The van der Waals surface area contributed by atoms with Crippen LogP contribution in [0.3, 0.4) is 0 Å². The highest BCUT2D eigenvalue weighted by Crippen LogP contribution is 2.02. The van der Waals surface area contributed by atoms with E-state index in [-0.39, 0.29) is 5.56 Å². The topological polar surface area (TPSA) is 67.5 Å². The molecule has 0 unspecified atom stereocenters. The number of carbonyl (C=O) groups excluding carboxylic acids is 1. The molecule has 13 heavy (non-hydrogen) atoms. The van der Waals surface area contributed by atoms with Gasteiger partial charge in [0.15, 0.2) is 0 Å². The first-order valence-corrected chi connectivity index (χ1v) is 3.53. The lowest BCUT2D eigenvalue weighted by Crippen LogP contribution is -2.24. The van der Waals surface area contributed by atoms with Gasteiger partial charge in [-0.2, -0.15) is 5.10 Å². The van der Waals surface area contributed by atoms with E-state index in [0.29, 0.717) is 0 Å². The Morgan fingerprint density at radius 2 is 2.23 bits per heavy atom. The molecule has 3 N–H and O–H groups in total. The Bertz CT molecular complexity index is 338. The highest BCUT2D eigenvalue weighted by Gasteiger charge is 1.95. The smallest absolute Gasteiger partial charge is 0.332 e. The van der Waals surface area contributed by atoms with E-state index in [1.54, 1.807) is 12.1 Å². The second kappa shape index (κ2) is 4.20. The van der Waals surface area contributed by atoms with Crippen molar-refractivity contribution in [2.45, 2.75) is 0 Å². The van der Waals surface area contributed by atoms with E-state index in [0.717, 1.165) is 0 Å². The summed E-state index contributed by atoms with van der Waals surface area (Å²) < 4.78 is 12.9. The van der Waals surface area contributed by atoms with Crippen molar-refractivity contribution in [1.29, 1.82) is 0 Å². The van der Waals surface area contributed by atoms with E-state index in [4.69, 9.17) is 5.73 Å². The number of hydrazone groups is 1. The number of benzene rings is 1. The Labute approximate surface area is 74.2 Å². The summed E-state index contributed by atoms with van der Waals surface area (Å²) in [7, 11) is 0. The molecule has 0 heterocycles. The van der Waals surface area contributed by atoms with Crippen molar-refractivity contribution < 1.29 is 9.18 Å². The molecule has 68 valence electrons. The van der Waals surface area contributed by atoms with Gasteiger partial charge >= 0.3 is 6.03 Å². The van der Waals surface area contributed by atoms with Gasteiger partial charge in [0.2, 0.25) is 0 Å². The van der Waals surface area contributed by atoms with Crippen LogP contribution >= 0.6 is 0 Å². The Hall–Kier alpha value is -1.91. The van der Waals surface area contributed by atoms with Crippen LogP contribution in [-0.2, 0) is 0 Å². The normalized spacial score (nSPS) is 10.2. The molecular weight excluding hydrogens is 173 g/mol. The molecule has 5 heteroatoms. The highest BCUT2D eigenvalue weighted by atomic mass is 19.1. The first-order valence-electron chi connectivity index (χ1n) is 3.53. The van der Waals surface area contributed by atoms with Gasteiger partial charge in [0, 0.05) is 5.56 Å². The van der Waals surface area contributed by atoms with Crippen LogP contribution in [0.5, 0.6) is 0 Å². The number of halogens is 1. The van der Waals surface area contributed by atoms with Crippen LogP contribution in [-0.4, -0.2) is 12.2 Å². The van der Waals surface area contributed by atoms with Gasteiger partial charge in [-0.15, -0.1) is 0 Å². The maximum atomic E-state index is 12.9. The van der Waals surface area contributed by atoms with Gasteiger partial charge in [-0.25, -0.2) is 14.6 Å². The van der Waals surface area contributed by atoms with E-state index >= 15 is 0 Å². The maximum absolute atomic E-state index is 12.9. The van der Waals surface area contributed by atoms with E-state index in [1.165, 1.54) is 18.3 Å². The predicted octanol–water partition coefficient (Wildman–Crippen LogP) is 0.828. The minimum absolute atomic E-state index is 0.288. The fourth-order valence-corrected chi connectivity index (χ4v) is 0.745. The standard InChI is InChI=1S/C8H8FN3O/c9-7-4-2-1-3-6(7)5-11-12-8(10)13/h1-5H,(H3,10,12,13). The number of urea groups is 1. The molecule has 0 fully saturated rings. The van der Waals surface area contributed by atoms with Crippen molar-refractivity contribution in [2.75, 3.05) is 0 Å². The third-order valence-corrected chi connectivity index (χ3v) is 1.28. The summed E-state index contributed by atoms with van der Waals surface area (Å²) in [5, 5.41) is 3.41. The van der Waals surface area contributed by atoms with Gasteiger partial charge in [-0.1, -0.05) is 18.2 Å². The number of amides is 2. The SMILES string of the molecule is NC(=O)NN=Cc1ccccc1F. The van der Waals surface area contributed by atoms with Crippen molar-refractivity contribution in [3.8, 4) is 0 Å². The third-order valence-electron chi connectivity index (χ3n) is 1.28. The minimum atomic E-state index is -0.785. The zero-order chi connectivity index (χ0) is 9.68. The summed E-state index contributed by atoms with van der Waals surface area (Å²) in [6.07, 6.45) is 1.18. The summed E-state index contributed by atoms with van der Waals surface area (Å²) in [6, 6.07) is 5.27.